The Kier molecular flexibility index (Phi) is 4.10. The second-order valence-electron chi connectivity index (χ2n) is 4.45. The lowest BCUT2D eigenvalue weighted by atomic mass is 9.99. The van der Waals surface area contributed by atoms with E-state index in [1.807, 2.05) is 4.90 Å². The predicted molar refractivity (Wildman–Crippen MR) is 67.3 cm³/mol. The van der Waals surface area contributed by atoms with Gasteiger partial charge in [0.25, 0.3) is 5.88 Å². The van der Waals surface area contributed by atoms with E-state index in [2.05, 4.69) is 9.97 Å². The van der Waals surface area contributed by atoms with Gasteiger partial charge in [-0.1, -0.05) is 0 Å². The van der Waals surface area contributed by atoms with E-state index in [-0.39, 0.29) is 29.9 Å². The summed E-state index contributed by atoms with van der Waals surface area (Å²) < 4.78 is 4.92. The molecule has 0 radical (unpaired) electrons. The van der Waals surface area contributed by atoms with E-state index in [4.69, 9.17) is 4.74 Å². The molecular formula is C11H16N4O4. The van der Waals surface area contributed by atoms with Crippen LogP contribution in [-0.2, 0) is 0 Å². The van der Waals surface area contributed by atoms with Gasteiger partial charge < -0.3 is 14.7 Å². The van der Waals surface area contributed by atoms with E-state index in [1.54, 1.807) is 0 Å². The Hall–Kier alpha value is -1.96. The molecule has 0 saturated carbocycles. The number of methoxy groups -OCH3 is 1. The van der Waals surface area contributed by atoms with Crippen molar-refractivity contribution in [1.82, 2.24) is 9.97 Å². The molecular weight excluding hydrogens is 252 g/mol. The van der Waals surface area contributed by atoms with E-state index in [0.29, 0.717) is 13.1 Å². The number of nitro groups is 1. The number of aromatic nitrogens is 2. The number of hydrogen-bond donors (Lipinski definition) is 1. The highest BCUT2D eigenvalue weighted by atomic mass is 16.6. The Morgan fingerprint density at radius 2 is 2.42 bits per heavy atom. The number of nitrogens with zero attached hydrogens (tertiary/aromatic N) is 4. The topological polar surface area (TPSA) is 102 Å². The highest BCUT2D eigenvalue weighted by Crippen LogP contribution is 2.34. The minimum Gasteiger partial charge on any atom is -0.476 e. The summed E-state index contributed by atoms with van der Waals surface area (Å²) in [6.07, 6.45) is 3.04. The van der Waals surface area contributed by atoms with Crippen LogP contribution in [0.1, 0.15) is 12.8 Å². The number of piperidine rings is 1. The molecule has 0 amide bonds. The second kappa shape index (κ2) is 5.79. The van der Waals surface area contributed by atoms with Crippen molar-refractivity contribution in [3.05, 3.63) is 16.4 Å². The zero-order chi connectivity index (χ0) is 13.8. The lowest BCUT2D eigenvalue weighted by Gasteiger charge is -2.32. The van der Waals surface area contributed by atoms with Crippen molar-refractivity contribution < 1.29 is 14.8 Å². The average Bonchev–Trinajstić information content (AvgIpc) is 2.46. The van der Waals surface area contributed by atoms with Crippen molar-refractivity contribution in [2.75, 3.05) is 31.7 Å². The maximum absolute atomic E-state index is 11.2. The average molecular weight is 268 g/mol. The quantitative estimate of drug-likeness (QED) is 0.630. The monoisotopic (exact) mass is 268 g/mol. The van der Waals surface area contributed by atoms with Crippen LogP contribution in [0.2, 0.25) is 0 Å². The molecule has 1 aromatic heterocycles. The molecule has 1 saturated heterocycles. The summed E-state index contributed by atoms with van der Waals surface area (Å²) in [6, 6.07) is 0. The van der Waals surface area contributed by atoms with Crippen LogP contribution in [0, 0.1) is 16.0 Å². The van der Waals surface area contributed by atoms with Gasteiger partial charge in [0.15, 0.2) is 0 Å². The van der Waals surface area contributed by atoms with Crippen LogP contribution in [0.4, 0.5) is 11.5 Å². The molecule has 0 spiro atoms. The van der Waals surface area contributed by atoms with Gasteiger partial charge in [0, 0.05) is 19.7 Å². The van der Waals surface area contributed by atoms with Crippen LogP contribution >= 0.6 is 0 Å². The third-order valence-corrected chi connectivity index (χ3v) is 3.22. The molecule has 1 N–H and O–H groups in total. The zero-order valence-electron chi connectivity index (χ0n) is 10.7. The second-order valence-corrected chi connectivity index (χ2v) is 4.45. The van der Waals surface area contributed by atoms with E-state index >= 15 is 0 Å². The smallest absolute Gasteiger partial charge is 0.372 e. The first-order valence-corrected chi connectivity index (χ1v) is 6.06. The molecule has 2 rings (SSSR count). The number of hydrogen-bond acceptors (Lipinski definition) is 7. The summed E-state index contributed by atoms with van der Waals surface area (Å²) in [5, 5.41) is 20.4. The molecule has 1 aliphatic heterocycles. The lowest BCUT2D eigenvalue weighted by molar-refractivity contribution is -0.385. The van der Waals surface area contributed by atoms with Gasteiger partial charge in [0.2, 0.25) is 5.82 Å². The summed E-state index contributed by atoms with van der Waals surface area (Å²) in [4.78, 5) is 20.2. The van der Waals surface area contributed by atoms with Crippen LogP contribution < -0.4 is 9.64 Å². The molecule has 1 atom stereocenters. The molecule has 0 bridgehead atoms. The summed E-state index contributed by atoms with van der Waals surface area (Å²) in [6.45, 7) is 1.31. The van der Waals surface area contributed by atoms with Crippen LogP contribution in [0.3, 0.4) is 0 Å². The minimum atomic E-state index is -0.531. The van der Waals surface area contributed by atoms with Gasteiger partial charge in [-0.25, -0.2) is 4.98 Å². The first-order valence-electron chi connectivity index (χ1n) is 6.06. The van der Waals surface area contributed by atoms with Crippen molar-refractivity contribution in [2.24, 2.45) is 5.92 Å². The molecule has 1 unspecified atom stereocenters. The van der Waals surface area contributed by atoms with Gasteiger partial charge in [-0.15, -0.1) is 0 Å². The fraction of sp³-hybridized carbons (Fsp3) is 0.636. The van der Waals surface area contributed by atoms with Gasteiger partial charge in [-0.3, -0.25) is 10.1 Å². The van der Waals surface area contributed by atoms with Gasteiger partial charge >= 0.3 is 5.69 Å². The number of ether oxygens (including phenoxy) is 1. The SMILES string of the molecule is COc1ncnc(N2CCCC(CO)C2)c1[N+](=O)[O-]. The van der Waals surface area contributed by atoms with Crippen molar-refractivity contribution in [1.29, 1.82) is 0 Å². The van der Waals surface area contributed by atoms with Crippen molar-refractivity contribution in [3.63, 3.8) is 0 Å². The Bertz CT molecular complexity index is 468. The van der Waals surface area contributed by atoms with Gasteiger partial charge in [-0.05, 0) is 18.8 Å². The molecule has 1 aliphatic rings. The maximum atomic E-state index is 11.2. The molecule has 8 nitrogen and oxygen atoms in total. The number of rotatable bonds is 4. The molecule has 19 heavy (non-hydrogen) atoms. The largest absolute Gasteiger partial charge is 0.476 e. The highest BCUT2D eigenvalue weighted by molar-refractivity contribution is 5.62. The van der Waals surface area contributed by atoms with Crippen molar-refractivity contribution in [2.45, 2.75) is 12.8 Å². The molecule has 104 valence electrons. The Labute approximate surface area is 110 Å². The van der Waals surface area contributed by atoms with Gasteiger partial charge in [0.05, 0.1) is 12.0 Å². The first-order chi connectivity index (χ1) is 9.17. The van der Waals surface area contributed by atoms with Gasteiger partial charge in [0.1, 0.15) is 6.33 Å². The van der Waals surface area contributed by atoms with Crippen molar-refractivity contribution in [3.8, 4) is 5.88 Å². The molecule has 2 heterocycles. The summed E-state index contributed by atoms with van der Waals surface area (Å²) in [5.74, 6) is 0.338. The molecule has 8 heteroatoms. The highest BCUT2D eigenvalue weighted by Gasteiger charge is 2.30. The molecule has 1 fully saturated rings. The summed E-state index contributed by atoms with van der Waals surface area (Å²) in [5.41, 5.74) is -0.219. The third-order valence-electron chi connectivity index (χ3n) is 3.22. The Balaban J connectivity index is 2.35. The van der Waals surface area contributed by atoms with E-state index in [0.717, 1.165) is 12.8 Å². The minimum absolute atomic E-state index is 0.0406. The predicted octanol–water partition coefficient (Wildman–Crippen LogP) is 0.602. The van der Waals surface area contributed by atoms with Crippen molar-refractivity contribution >= 4 is 11.5 Å². The fourth-order valence-electron chi connectivity index (χ4n) is 2.30. The van der Waals surface area contributed by atoms with Crippen LogP contribution in [-0.4, -0.2) is 46.8 Å². The zero-order valence-corrected chi connectivity index (χ0v) is 10.7. The standard InChI is InChI=1S/C11H16N4O4/c1-19-11-9(15(17)18)10(12-7-13-11)14-4-2-3-8(5-14)6-16/h7-8,16H,2-6H2,1H3. The first kappa shape index (κ1) is 13.5. The fourth-order valence-corrected chi connectivity index (χ4v) is 2.30. The number of aliphatic hydroxyl groups excluding tert-OH is 1. The number of anilines is 1. The Morgan fingerprint density at radius 3 is 3.05 bits per heavy atom. The van der Waals surface area contributed by atoms with Crippen LogP contribution in [0.15, 0.2) is 6.33 Å². The Morgan fingerprint density at radius 1 is 1.63 bits per heavy atom. The summed E-state index contributed by atoms with van der Waals surface area (Å²) >= 11 is 0. The van der Waals surface area contributed by atoms with E-state index in [1.165, 1.54) is 13.4 Å². The van der Waals surface area contributed by atoms with Crippen LogP contribution in [0.5, 0.6) is 5.88 Å². The van der Waals surface area contributed by atoms with Gasteiger partial charge in [-0.2, -0.15) is 4.98 Å². The number of aliphatic hydroxyl groups is 1. The van der Waals surface area contributed by atoms with Crippen LogP contribution in [0.25, 0.3) is 0 Å². The van der Waals surface area contributed by atoms with E-state index < -0.39 is 4.92 Å². The molecule has 1 aromatic rings. The normalized spacial score (nSPS) is 19.3. The summed E-state index contributed by atoms with van der Waals surface area (Å²) in [7, 11) is 1.34. The lowest BCUT2D eigenvalue weighted by Crippen LogP contribution is -2.37. The third kappa shape index (κ3) is 2.73. The maximum Gasteiger partial charge on any atom is 0.372 e. The molecule has 0 aromatic carbocycles. The molecule has 0 aliphatic carbocycles. The van der Waals surface area contributed by atoms with E-state index in [9.17, 15) is 15.2 Å².